The van der Waals surface area contributed by atoms with Gasteiger partial charge in [-0.25, -0.2) is 0 Å². The van der Waals surface area contributed by atoms with Gasteiger partial charge >= 0.3 is 0 Å². The van der Waals surface area contributed by atoms with Crippen LogP contribution in [0.15, 0.2) is 42.5 Å². The van der Waals surface area contributed by atoms with E-state index in [1.54, 1.807) is 12.0 Å². The molecule has 1 amide bonds. The second-order valence-corrected chi connectivity index (χ2v) is 10.9. The van der Waals surface area contributed by atoms with Crippen molar-refractivity contribution in [3.63, 3.8) is 0 Å². The molecule has 37 heavy (non-hydrogen) atoms. The molecule has 7 nitrogen and oxygen atoms in total. The Labute approximate surface area is 224 Å². The summed E-state index contributed by atoms with van der Waals surface area (Å²) in [6.45, 7) is 3.63. The molecule has 2 aliphatic rings. The Kier molecular flexibility index (Phi) is 9.27. The van der Waals surface area contributed by atoms with E-state index in [-0.39, 0.29) is 24.4 Å². The van der Waals surface area contributed by atoms with Crippen LogP contribution in [0.25, 0.3) is 11.1 Å². The van der Waals surface area contributed by atoms with Crippen LogP contribution in [0.3, 0.4) is 0 Å². The van der Waals surface area contributed by atoms with Gasteiger partial charge in [0.15, 0.2) is 0 Å². The summed E-state index contributed by atoms with van der Waals surface area (Å²) < 4.78 is 11.4. The van der Waals surface area contributed by atoms with Crippen molar-refractivity contribution in [3.8, 4) is 11.1 Å². The number of aryl methyl sites for hydroxylation is 1. The van der Waals surface area contributed by atoms with Crippen LogP contribution < -0.4 is 5.73 Å². The molecule has 1 heterocycles. The van der Waals surface area contributed by atoms with E-state index >= 15 is 0 Å². The van der Waals surface area contributed by atoms with Crippen LogP contribution in [-0.4, -0.2) is 72.7 Å². The molecule has 2 aromatic carbocycles. The molecule has 1 aliphatic carbocycles. The average molecular weight is 531 g/mol. The van der Waals surface area contributed by atoms with E-state index < -0.39 is 17.8 Å². The first-order valence-electron chi connectivity index (χ1n) is 13.2. The molecule has 4 N–H and O–H groups in total. The Hall–Kier alpha value is -2.00. The number of nitrogens with zero attached hydrogens (tertiary/aromatic N) is 1. The van der Waals surface area contributed by atoms with Crippen LogP contribution in [-0.2, 0) is 19.9 Å². The molecule has 2 fully saturated rings. The minimum Gasteiger partial charge on any atom is -0.391 e. The van der Waals surface area contributed by atoms with Crippen LogP contribution in [0.5, 0.6) is 0 Å². The number of aliphatic hydroxyl groups is 2. The second kappa shape index (κ2) is 12.2. The van der Waals surface area contributed by atoms with Crippen LogP contribution >= 0.6 is 11.6 Å². The molecule has 1 aliphatic heterocycles. The van der Waals surface area contributed by atoms with Crippen molar-refractivity contribution in [2.75, 3.05) is 33.4 Å². The number of ether oxygens (including phenoxy) is 2. The number of hydrogen-bond acceptors (Lipinski definition) is 6. The first-order chi connectivity index (χ1) is 17.7. The summed E-state index contributed by atoms with van der Waals surface area (Å²) in [6.07, 6.45) is 1.45. The second-order valence-electron chi connectivity index (χ2n) is 10.4. The lowest BCUT2D eigenvalue weighted by atomic mass is 9.78. The maximum Gasteiger partial charge on any atom is 0.226 e. The van der Waals surface area contributed by atoms with E-state index in [9.17, 15) is 15.0 Å². The van der Waals surface area contributed by atoms with E-state index in [0.717, 1.165) is 23.1 Å². The molecule has 2 aromatic rings. The lowest BCUT2D eigenvalue weighted by molar-refractivity contribution is -0.167. The Morgan fingerprint density at radius 3 is 2.73 bits per heavy atom. The lowest BCUT2D eigenvalue weighted by Gasteiger charge is -2.44. The lowest BCUT2D eigenvalue weighted by Crippen LogP contribution is -2.55. The van der Waals surface area contributed by atoms with Crippen LogP contribution in [0.4, 0.5) is 0 Å². The van der Waals surface area contributed by atoms with Gasteiger partial charge in [0, 0.05) is 42.8 Å². The highest BCUT2D eigenvalue weighted by Crippen LogP contribution is 2.43. The third-order valence-electron chi connectivity index (χ3n) is 7.78. The summed E-state index contributed by atoms with van der Waals surface area (Å²) in [5, 5.41) is 23.1. The fraction of sp³-hybridized carbons (Fsp3) is 0.552. The van der Waals surface area contributed by atoms with Crippen molar-refractivity contribution >= 4 is 17.5 Å². The third-order valence-corrected chi connectivity index (χ3v) is 8.10. The number of rotatable bonds is 9. The van der Waals surface area contributed by atoms with E-state index in [1.165, 1.54) is 0 Å². The maximum atomic E-state index is 13.4. The molecule has 1 saturated heterocycles. The predicted molar refractivity (Wildman–Crippen MR) is 144 cm³/mol. The van der Waals surface area contributed by atoms with Gasteiger partial charge in [0.05, 0.1) is 19.3 Å². The molecule has 5 atom stereocenters. The molecular weight excluding hydrogens is 492 g/mol. The SMILES string of the molecule is COCCCC[C@@](O)(c1cccc(Cl)c1-c1cccc(C)c1)[C@H]1CN(C(=O)[C@H]2C[C@@H](N)[C@@H](O)C2)CCO1. The molecule has 0 spiro atoms. The van der Waals surface area contributed by atoms with Crippen molar-refractivity contribution in [2.24, 2.45) is 11.7 Å². The normalized spacial score (nSPS) is 25.7. The zero-order valence-corrected chi connectivity index (χ0v) is 22.5. The molecule has 1 saturated carbocycles. The van der Waals surface area contributed by atoms with Crippen molar-refractivity contribution < 1.29 is 24.5 Å². The van der Waals surface area contributed by atoms with Crippen LogP contribution in [0.2, 0.25) is 5.02 Å². The fourth-order valence-corrected chi connectivity index (χ4v) is 6.02. The fourth-order valence-electron chi connectivity index (χ4n) is 5.74. The Bertz CT molecular complexity index is 1070. The molecule has 0 bridgehead atoms. The number of morpholine rings is 1. The minimum atomic E-state index is -1.39. The smallest absolute Gasteiger partial charge is 0.226 e. The minimum absolute atomic E-state index is 0.0352. The summed E-state index contributed by atoms with van der Waals surface area (Å²) >= 11 is 6.77. The van der Waals surface area contributed by atoms with E-state index in [2.05, 4.69) is 6.07 Å². The quantitative estimate of drug-likeness (QED) is 0.427. The van der Waals surface area contributed by atoms with Gasteiger partial charge in [0.1, 0.15) is 11.7 Å². The number of carbonyl (C=O) groups is 1. The Balaban J connectivity index is 1.68. The van der Waals surface area contributed by atoms with Crippen molar-refractivity contribution in [3.05, 3.63) is 58.6 Å². The van der Waals surface area contributed by atoms with Gasteiger partial charge in [-0.1, -0.05) is 53.6 Å². The largest absolute Gasteiger partial charge is 0.391 e. The molecule has 8 heteroatoms. The van der Waals surface area contributed by atoms with Crippen molar-refractivity contribution in [1.29, 1.82) is 0 Å². The number of methoxy groups -OCH3 is 1. The predicted octanol–water partition coefficient (Wildman–Crippen LogP) is 3.65. The number of amides is 1. The number of unbranched alkanes of at least 4 members (excludes halogenated alkanes) is 1. The van der Waals surface area contributed by atoms with Gasteiger partial charge in [0.2, 0.25) is 5.91 Å². The number of hydrogen-bond donors (Lipinski definition) is 3. The Morgan fingerprint density at radius 1 is 1.24 bits per heavy atom. The van der Waals surface area contributed by atoms with Crippen molar-refractivity contribution in [1.82, 2.24) is 4.90 Å². The van der Waals surface area contributed by atoms with Gasteiger partial charge in [0.25, 0.3) is 0 Å². The number of carbonyl (C=O) groups excluding carboxylic acids is 1. The summed E-state index contributed by atoms with van der Waals surface area (Å²) in [4.78, 5) is 15.1. The van der Waals surface area contributed by atoms with E-state index in [4.69, 9.17) is 26.8 Å². The maximum absolute atomic E-state index is 13.4. The monoisotopic (exact) mass is 530 g/mol. The molecule has 4 rings (SSSR count). The van der Waals surface area contributed by atoms with E-state index in [0.29, 0.717) is 56.0 Å². The van der Waals surface area contributed by atoms with E-state index in [1.807, 2.05) is 43.3 Å². The first-order valence-corrected chi connectivity index (χ1v) is 13.5. The number of aliphatic hydroxyl groups excluding tert-OH is 1. The summed E-state index contributed by atoms with van der Waals surface area (Å²) in [5.41, 5.74) is 8.08. The van der Waals surface area contributed by atoms with Gasteiger partial charge in [-0.3, -0.25) is 4.79 Å². The van der Waals surface area contributed by atoms with Crippen molar-refractivity contribution in [2.45, 2.75) is 62.9 Å². The van der Waals surface area contributed by atoms with Gasteiger partial charge in [-0.05, 0) is 56.2 Å². The molecule has 0 radical (unpaired) electrons. The number of nitrogens with two attached hydrogens (primary N) is 1. The average Bonchev–Trinajstić information content (AvgIpc) is 3.23. The summed E-state index contributed by atoms with van der Waals surface area (Å²) in [6, 6.07) is 13.3. The standard InChI is InChI=1S/C29H39ClN2O5/c1-19-7-5-8-20(15-19)27-22(9-6-10-23(27)30)29(35,11-3-4-13-36-2)26-18-32(12-14-37-26)28(34)21-16-24(31)25(33)17-21/h5-10,15,21,24-26,33,35H,3-4,11-14,16-18,31H2,1-2H3/t21-,24+,25-,26+,29+/m0/s1. The summed E-state index contributed by atoms with van der Waals surface area (Å²) in [7, 11) is 1.67. The number of benzene rings is 2. The molecular formula is C29H39ClN2O5. The van der Waals surface area contributed by atoms with Gasteiger partial charge in [-0.2, -0.15) is 0 Å². The highest BCUT2D eigenvalue weighted by molar-refractivity contribution is 6.33. The highest BCUT2D eigenvalue weighted by Gasteiger charge is 2.45. The van der Waals surface area contributed by atoms with Gasteiger partial charge < -0.3 is 30.3 Å². The highest BCUT2D eigenvalue weighted by atomic mass is 35.5. The third kappa shape index (κ3) is 6.19. The Morgan fingerprint density at radius 2 is 2.03 bits per heavy atom. The van der Waals surface area contributed by atoms with Crippen LogP contribution in [0.1, 0.15) is 43.2 Å². The molecule has 0 unspecified atom stereocenters. The topological polar surface area (TPSA) is 105 Å². The van der Waals surface area contributed by atoms with Crippen LogP contribution in [0, 0.1) is 12.8 Å². The first kappa shape index (κ1) is 28.0. The zero-order chi connectivity index (χ0) is 26.6. The molecule has 0 aromatic heterocycles. The zero-order valence-electron chi connectivity index (χ0n) is 21.7. The van der Waals surface area contributed by atoms with Gasteiger partial charge in [-0.15, -0.1) is 0 Å². The summed E-state index contributed by atoms with van der Waals surface area (Å²) in [5.74, 6) is -0.348. The molecule has 202 valence electrons. The number of halogens is 1.